The minimum atomic E-state index is 0.994. The predicted octanol–water partition coefficient (Wildman–Crippen LogP) is 2.45. The average Bonchev–Trinajstić information content (AvgIpc) is 2.33. The van der Waals surface area contributed by atoms with Crippen LogP contribution in [-0.2, 0) is 0 Å². The molecular formula is C14H28N2. The Morgan fingerprint density at radius 1 is 0.875 bits per heavy atom. The van der Waals surface area contributed by atoms with Gasteiger partial charge in [-0.2, -0.15) is 0 Å². The Balaban J connectivity index is 1.66. The maximum absolute atomic E-state index is 2.70. The summed E-state index contributed by atoms with van der Waals surface area (Å²) in [7, 11) is 0. The molecule has 0 radical (unpaired) electrons. The maximum atomic E-state index is 2.70. The number of hydrogen-bond donors (Lipinski definition) is 0. The van der Waals surface area contributed by atoms with E-state index in [4.69, 9.17) is 0 Å². The first-order valence-corrected chi connectivity index (χ1v) is 7.22. The van der Waals surface area contributed by atoms with Crippen LogP contribution in [0.15, 0.2) is 0 Å². The zero-order valence-electron chi connectivity index (χ0n) is 11.1. The topological polar surface area (TPSA) is 6.48 Å². The van der Waals surface area contributed by atoms with Crippen molar-refractivity contribution < 1.29 is 0 Å². The molecule has 0 amide bonds. The molecule has 0 bridgehead atoms. The van der Waals surface area contributed by atoms with Gasteiger partial charge in [0.2, 0.25) is 0 Å². The van der Waals surface area contributed by atoms with Crippen LogP contribution < -0.4 is 0 Å². The van der Waals surface area contributed by atoms with Gasteiger partial charge in [0, 0.05) is 32.7 Å². The number of rotatable bonds is 3. The van der Waals surface area contributed by atoms with Crippen molar-refractivity contribution in [2.24, 2.45) is 11.8 Å². The quantitative estimate of drug-likeness (QED) is 0.726. The van der Waals surface area contributed by atoms with Gasteiger partial charge in [-0.3, -0.25) is 0 Å². The number of likely N-dealkylation sites (N-methyl/N-ethyl adjacent to an activating group) is 1. The van der Waals surface area contributed by atoms with Gasteiger partial charge >= 0.3 is 0 Å². The number of nitrogens with zero attached hydrogens (tertiary/aromatic N) is 2. The van der Waals surface area contributed by atoms with Crippen molar-refractivity contribution in [3.63, 3.8) is 0 Å². The first-order valence-electron chi connectivity index (χ1n) is 7.22. The van der Waals surface area contributed by atoms with Crippen LogP contribution in [0.4, 0.5) is 0 Å². The fourth-order valence-electron chi connectivity index (χ4n) is 3.16. The summed E-state index contributed by atoms with van der Waals surface area (Å²) in [6.07, 6.45) is 5.91. The van der Waals surface area contributed by atoms with E-state index in [1.807, 2.05) is 0 Å². The molecule has 2 fully saturated rings. The van der Waals surface area contributed by atoms with Crippen molar-refractivity contribution in [1.82, 2.24) is 9.80 Å². The van der Waals surface area contributed by atoms with Crippen LogP contribution >= 0.6 is 0 Å². The Kier molecular flexibility index (Phi) is 4.66. The highest BCUT2D eigenvalue weighted by atomic mass is 15.3. The Labute approximate surface area is 101 Å². The third-order valence-electron chi connectivity index (χ3n) is 4.56. The smallest absolute Gasteiger partial charge is 0.0110 e. The Bertz CT molecular complexity index is 189. The van der Waals surface area contributed by atoms with Gasteiger partial charge in [-0.15, -0.1) is 0 Å². The van der Waals surface area contributed by atoms with Crippen molar-refractivity contribution in [2.75, 3.05) is 39.3 Å². The van der Waals surface area contributed by atoms with E-state index >= 15 is 0 Å². The van der Waals surface area contributed by atoms with Crippen molar-refractivity contribution in [2.45, 2.75) is 39.5 Å². The summed E-state index contributed by atoms with van der Waals surface area (Å²) in [5.74, 6) is 2.00. The third kappa shape index (κ3) is 3.46. The fourth-order valence-corrected chi connectivity index (χ4v) is 3.16. The van der Waals surface area contributed by atoms with Crippen molar-refractivity contribution in [3.05, 3.63) is 0 Å². The monoisotopic (exact) mass is 224 g/mol. The molecule has 1 saturated carbocycles. The Hall–Kier alpha value is -0.0800. The largest absolute Gasteiger partial charge is 0.301 e. The summed E-state index contributed by atoms with van der Waals surface area (Å²) in [5, 5.41) is 0. The lowest BCUT2D eigenvalue weighted by Crippen LogP contribution is -2.47. The van der Waals surface area contributed by atoms with Crippen LogP contribution in [0.2, 0.25) is 0 Å². The lowest BCUT2D eigenvalue weighted by atomic mass is 9.83. The van der Waals surface area contributed by atoms with E-state index in [9.17, 15) is 0 Å². The van der Waals surface area contributed by atoms with Gasteiger partial charge in [0.05, 0.1) is 0 Å². The summed E-state index contributed by atoms with van der Waals surface area (Å²) < 4.78 is 0. The van der Waals surface area contributed by atoms with E-state index in [0.717, 1.165) is 11.8 Å². The molecule has 0 aromatic heterocycles. The first kappa shape index (κ1) is 12.4. The van der Waals surface area contributed by atoms with E-state index in [2.05, 4.69) is 23.6 Å². The van der Waals surface area contributed by atoms with Crippen molar-refractivity contribution in [1.29, 1.82) is 0 Å². The maximum Gasteiger partial charge on any atom is 0.0110 e. The van der Waals surface area contributed by atoms with E-state index in [0.29, 0.717) is 0 Å². The van der Waals surface area contributed by atoms with E-state index in [-0.39, 0.29) is 0 Å². The molecule has 0 spiro atoms. The molecule has 0 unspecified atom stereocenters. The van der Waals surface area contributed by atoms with Gasteiger partial charge in [0.15, 0.2) is 0 Å². The lowest BCUT2D eigenvalue weighted by Gasteiger charge is -2.37. The minimum absolute atomic E-state index is 0.994. The molecule has 2 aliphatic rings. The van der Waals surface area contributed by atoms with Gasteiger partial charge in [-0.05, 0) is 31.2 Å². The molecular weight excluding hydrogens is 196 g/mol. The lowest BCUT2D eigenvalue weighted by molar-refractivity contribution is 0.109. The SMILES string of the molecule is CCN1CCN(CC2CCC(C)CC2)CC1. The van der Waals surface area contributed by atoms with Gasteiger partial charge < -0.3 is 9.80 Å². The number of hydrogen-bond acceptors (Lipinski definition) is 2. The van der Waals surface area contributed by atoms with Crippen molar-refractivity contribution in [3.8, 4) is 0 Å². The predicted molar refractivity (Wildman–Crippen MR) is 69.7 cm³/mol. The molecule has 2 heteroatoms. The highest BCUT2D eigenvalue weighted by molar-refractivity contribution is 4.77. The summed E-state index contributed by atoms with van der Waals surface area (Å²) >= 11 is 0. The molecule has 0 aromatic rings. The second-order valence-electron chi connectivity index (χ2n) is 5.86. The second-order valence-corrected chi connectivity index (χ2v) is 5.86. The van der Waals surface area contributed by atoms with Gasteiger partial charge in [-0.1, -0.05) is 26.7 Å². The fraction of sp³-hybridized carbons (Fsp3) is 1.00. The van der Waals surface area contributed by atoms with Crippen LogP contribution in [-0.4, -0.2) is 49.1 Å². The van der Waals surface area contributed by atoms with Crippen LogP contribution in [0.25, 0.3) is 0 Å². The molecule has 1 aliphatic heterocycles. The molecule has 0 aromatic carbocycles. The zero-order valence-corrected chi connectivity index (χ0v) is 11.1. The van der Waals surface area contributed by atoms with E-state index in [1.165, 1.54) is 65.0 Å². The van der Waals surface area contributed by atoms with E-state index < -0.39 is 0 Å². The summed E-state index contributed by atoms with van der Waals surface area (Å²) in [6, 6.07) is 0. The average molecular weight is 224 g/mol. The second kappa shape index (κ2) is 6.02. The summed E-state index contributed by atoms with van der Waals surface area (Å²) in [4.78, 5) is 5.27. The first-order chi connectivity index (χ1) is 7.78. The van der Waals surface area contributed by atoms with E-state index in [1.54, 1.807) is 0 Å². The van der Waals surface area contributed by atoms with Crippen LogP contribution in [0, 0.1) is 11.8 Å². The standard InChI is InChI=1S/C14H28N2/c1-3-15-8-10-16(11-9-15)12-14-6-4-13(2)5-7-14/h13-14H,3-12H2,1-2H3. The molecule has 1 aliphatic carbocycles. The molecule has 2 nitrogen and oxygen atoms in total. The van der Waals surface area contributed by atoms with Gasteiger partial charge in [0.1, 0.15) is 0 Å². The zero-order chi connectivity index (χ0) is 11.4. The Morgan fingerprint density at radius 2 is 1.44 bits per heavy atom. The molecule has 16 heavy (non-hydrogen) atoms. The highest BCUT2D eigenvalue weighted by Gasteiger charge is 2.22. The molecule has 1 heterocycles. The third-order valence-corrected chi connectivity index (χ3v) is 4.56. The van der Waals surface area contributed by atoms with Gasteiger partial charge in [-0.25, -0.2) is 0 Å². The minimum Gasteiger partial charge on any atom is -0.301 e. The van der Waals surface area contributed by atoms with Crippen LogP contribution in [0.3, 0.4) is 0 Å². The normalized spacial score (nSPS) is 34.1. The molecule has 0 atom stereocenters. The van der Waals surface area contributed by atoms with Crippen LogP contribution in [0.5, 0.6) is 0 Å². The highest BCUT2D eigenvalue weighted by Crippen LogP contribution is 2.28. The van der Waals surface area contributed by atoms with Crippen molar-refractivity contribution >= 4 is 0 Å². The summed E-state index contributed by atoms with van der Waals surface area (Å²) in [5.41, 5.74) is 0. The molecule has 94 valence electrons. The number of piperazine rings is 1. The Morgan fingerprint density at radius 3 is 2.00 bits per heavy atom. The molecule has 1 saturated heterocycles. The molecule has 2 rings (SSSR count). The summed E-state index contributed by atoms with van der Waals surface area (Å²) in [6.45, 7) is 12.5. The van der Waals surface area contributed by atoms with Gasteiger partial charge in [0.25, 0.3) is 0 Å². The van der Waals surface area contributed by atoms with Crippen LogP contribution in [0.1, 0.15) is 39.5 Å². The molecule has 0 N–H and O–H groups in total.